The Labute approximate surface area is 68.9 Å². The fourth-order valence-corrected chi connectivity index (χ4v) is 1.81. The molecule has 1 aliphatic rings. The van der Waals surface area contributed by atoms with Gasteiger partial charge in [0.1, 0.15) is 0 Å². The molecule has 0 spiro atoms. The summed E-state index contributed by atoms with van der Waals surface area (Å²) in [6, 6.07) is 0. The minimum atomic E-state index is 0.281. The molecule has 1 fully saturated rings. The van der Waals surface area contributed by atoms with Gasteiger partial charge in [-0.2, -0.15) is 0 Å². The predicted molar refractivity (Wildman–Crippen MR) is 47.6 cm³/mol. The van der Waals surface area contributed by atoms with Crippen LogP contribution in [-0.2, 0) is 0 Å². The number of likely N-dealkylation sites (N-methyl/N-ethyl adjacent to an activating group) is 1. The Balaban J connectivity index is 2.51. The lowest BCUT2D eigenvalue weighted by Gasteiger charge is -2.49. The SMILES string of the molecule is CCN(CC)C1(CN)CNC1. The highest BCUT2D eigenvalue weighted by Gasteiger charge is 2.39. The molecule has 0 bridgehead atoms. The summed E-state index contributed by atoms with van der Waals surface area (Å²) in [5.74, 6) is 0. The molecule has 66 valence electrons. The first-order chi connectivity index (χ1) is 5.29. The van der Waals surface area contributed by atoms with Crippen LogP contribution in [0.1, 0.15) is 13.8 Å². The van der Waals surface area contributed by atoms with Gasteiger partial charge in [-0.3, -0.25) is 4.90 Å². The third kappa shape index (κ3) is 1.41. The fourth-order valence-electron chi connectivity index (χ4n) is 1.81. The zero-order chi connectivity index (χ0) is 8.32. The Bertz CT molecular complexity index is 111. The largest absolute Gasteiger partial charge is 0.329 e. The van der Waals surface area contributed by atoms with Crippen LogP contribution in [0.25, 0.3) is 0 Å². The molecule has 1 aliphatic heterocycles. The summed E-state index contributed by atoms with van der Waals surface area (Å²) in [6.45, 7) is 9.50. The van der Waals surface area contributed by atoms with Crippen LogP contribution in [0.3, 0.4) is 0 Å². The van der Waals surface area contributed by atoms with E-state index >= 15 is 0 Å². The van der Waals surface area contributed by atoms with E-state index in [1.807, 2.05) is 0 Å². The summed E-state index contributed by atoms with van der Waals surface area (Å²) in [4.78, 5) is 2.45. The van der Waals surface area contributed by atoms with Crippen LogP contribution in [0, 0.1) is 0 Å². The third-order valence-corrected chi connectivity index (χ3v) is 2.72. The van der Waals surface area contributed by atoms with Crippen LogP contribution in [0.5, 0.6) is 0 Å². The lowest BCUT2D eigenvalue weighted by molar-refractivity contribution is 0.0543. The molecule has 1 saturated heterocycles. The summed E-state index contributed by atoms with van der Waals surface area (Å²) >= 11 is 0. The summed E-state index contributed by atoms with van der Waals surface area (Å²) < 4.78 is 0. The van der Waals surface area contributed by atoms with E-state index in [-0.39, 0.29) is 5.54 Å². The monoisotopic (exact) mass is 157 g/mol. The summed E-state index contributed by atoms with van der Waals surface area (Å²) in [6.07, 6.45) is 0. The molecule has 11 heavy (non-hydrogen) atoms. The maximum absolute atomic E-state index is 5.74. The maximum Gasteiger partial charge on any atom is 0.0581 e. The van der Waals surface area contributed by atoms with Crippen LogP contribution in [0.2, 0.25) is 0 Å². The topological polar surface area (TPSA) is 41.3 Å². The summed E-state index contributed by atoms with van der Waals surface area (Å²) in [7, 11) is 0. The second-order valence-electron chi connectivity index (χ2n) is 3.20. The van der Waals surface area contributed by atoms with Gasteiger partial charge in [-0.1, -0.05) is 13.8 Å². The first kappa shape index (κ1) is 8.97. The van der Waals surface area contributed by atoms with Crippen molar-refractivity contribution in [2.75, 3.05) is 32.7 Å². The van der Waals surface area contributed by atoms with Crippen molar-refractivity contribution in [3.63, 3.8) is 0 Å². The third-order valence-electron chi connectivity index (χ3n) is 2.72. The normalized spacial score (nSPS) is 21.8. The van der Waals surface area contributed by atoms with Gasteiger partial charge in [-0.25, -0.2) is 0 Å². The highest BCUT2D eigenvalue weighted by Crippen LogP contribution is 2.18. The second kappa shape index (κ2) is 3.52. The quantitative estimate of drug-likeness (QED) is 0.585. The Morgan fingerprint density at radius 1 is 1.36 bits per heavy atom. The van der Waals surface area contributed by atoms with E-state index in [9.17, 15) is 0 Å². The van der Waals surface area contributed by atoms with Gasteiger partial charge in [0, 0.05) is 19.6 Å². The molecule has 0 aromatic carbocycles. The number of nitrogens with one attached hydrogen (secondary N) is 1. The Morgan fingerprint density at radius 3 is 2.00 bits per heavy atom. The van der Waals surface area contributed by atoms with Gasteiger partial charge in [0.2, 0.25) is 0 Å². The minimum Gasteiger partial charge on any atom is -0.329 e. The van der Waals surface area contributed by atoms with E-state index in [0.717, 1.165) is 32.7 Å². The van der Waals surface area contributed by atoms with Crippen LogP contribution < -0.4 is 11.1 Å². The van der Waals surface area contributed by atoms with Crippen LogP contribution in [0.15, 0.2) is 0 Å². The Kier molecular flexibility index (Phi) is 2.87. The second-order valence-corrected chi connectivity index (χ2v) is 3.20. The van der Waals surface area contributed by atoms with E-state index in [1.165, 1.54) is 0 Å². The molecule has 0 aromatic heterocycles. The van der Waals surface area contributed by atoms with Gasteiger partial charge in [-0.15, -0.1) is 0 Å². The molecular weight excluding hydrogens is 138 g/mol. The number of hydrogen-bond acceptors (Lipinski definition) is 3. The number of hydrogen-bond donors (Lipinski definition) is 2. The van der Waals surface area contributed by atoms with Crippen molar-refractivity contribution in [2.24, 2.45) is 5.73 Å². The van der Waals surface area contributed by atoms with E-state index in [4.69, 9.17) is 5.73 Å². The fraction of sp³-hybridized carbons (Fsp3) is 1.00. The van der Waals surface area contributed by atoms with Crippen molar-refractivity contribution >= 4 is 0 Å². The average Bonchev–Trinajstić information content (AvgIpc) is 1.96. The molecule has 0 unspecified atom stereocenters. The molecule has 1 rings (SSSR count). The smallest absolute Gasteiger partial charge is 0.0581 e. The van der Waals surface area contributed by atoms with Crippen LogP contribution in [-0.4, -0.2) is 43.2 Å². The van der Waals surface area contributed by atoms with Gasteiger partial charge in [0.15, 0.2) is 0 Å². The Hall–Kier alpha value is -0.120. The molecule has 0 aliphatic carbocycles. The Morgan fingerprint density at radius 2 is 1.91 bits per heavy atom. The van der Waals surface area contributed by atoms with Crippen LogP contribution in [0.4, 0.5) is 0 Å². The van der Waals surface area contributed by atoms with E-state index < -0.39 is 0 Å². The van der Waals surface area contributed by atoms with Gasteiger partial charge in [0.05, 0.1) is 5.54 Å². The summed E-state index contributed by atoms with van der Waals surface area (Å²) in [5.41, 5.74) is 6.02. The molecule has 3 heteroatoms. The van der Waals surface area contributed by atoms with Crippen molar-refractivity contribution in [1.29, 1.82) is 0 Å². The zero-order valence-corrected chi connectivity index (χ0v) is 7.56. The van der Waals surface area contributed by atoms with Crippen molar-refractivity contribution in [3.8, 4) is 0 Å². The molecular formula is C8H19N3. The number of nitrogens with zero attached hydrogens (tertiary/aromatic N) is 1. The lowest BCUT2D eigenvalue weighted by Crippen LogP contribution is -2.72. The number of rotatable bonds is 4. The minimum absolute atomic E-state index is 0.281. The predicted octanol–water partition coefficient (Wildman–Crippen LogP) is -0.371. The molecule has 1 heterocycles. The van der Waals surface area contributed by atoms with Crippen molar-refractivity contribution < 1.29 is 0 Å². The average molecular weight is 157 g/mol. The van der Waals surface area contributed by atoms with Gasteiger partial charge < -0.3 is 11.1 Å². The van der Waals surface area contributed by atoms with Gasteiger partial charge in [0.25, 0.3) is 0 Å². The lowest BCUT2D eigenvalue weighted by atomic mass is 9.90. The van der Waals surface area contributed by atoms with Crippen LogP contribution >= 0.6 is 0 Å². The highest BCUT2D eigenvalue weighted by atomic mass is 15.3. The van der Waals surface area contributed by atoms with Crippen molar-refractivity contribution in [1.82, 2.24) is 10.2 Å². The zero-order valence-electron chi connectivity index (χ0n) is 7.56. The van der Waals surface area contributed by atoms with Gasteiger partial charge in [-0.05, 0) is 13.1 Å². The summed E-state index contributed by atoms with van der Waals surface area (Å²) in [5, 5.41) is 3.28. The first-order valence-electron chi connectivity index (χ1n) is 4.45. The highest BCUT2D eigenvalue weighted by molar-refractivity contribution is 5.02. The van der Waals surface area contributed by atoms with Crippen molar-refractivity contribution in [3.05, 3.63) is 0 Å². The standard InChI is InChI=1S/C8H19N3/c1-3-11(4-2)8(5-9)6-10-7-8/h10H,3-7,9H2,1-2H3. The molecule has 0 aromatic rings. The van der Waals surface area contributed by atoms with E-state index in [1.54, 1.807) is 0 Å². The van der Waals surface area contributed by atoms with E-state index in [0.29, 0.717) is 0 Å². The molecule has 0 radical (unpaired) electrons. The van der Waals surface area contributed by atoms with Gasteiger partial charge >= 0.3 is 0 Å². The first-order valence-corrected chi connectivity index (χ1v) is 4.45. The molecule has 3 N–H and O–H groups in total. The molecule has 3 nitrogen and oxygen atoms in total. The number of nitrogens with two attached hydrogens (primary N) is 1. The maximum atomic E-state index is 5.74. The molecule has 0 atom stereocenters. The molecule has 0 amide bonds. The van der Waals surface area contributed by atoms with Crippen molar-refractivity contribution in [2.45, 2.75) is 19.4 Å². The van der Waals surface area contributed by atoms with E-state index in [2.05, 4.69) is 24.1 Å². The molecule has 0 saturated carbocycles.